The normalized spacial score (nSPS) is 11.5. The fourth-order valence-electron chi connectivity index (χ4n) is 0.747. The second-order valence-electron chi connectivity index (χ2n) is 3.01. The van der Waals surface area contributed by atoms with Crippen LogP contribution in [0, 0.1) is 0 Å². The first kappa shape index (κ1) is 10.8. The zero-order valence-electron chi connectivity index (χ0n) is 7.65. The Morgan fingerprint density at radius 2 is 1.82 bits per heavy atom. The Bertz CT molecular complexity index is 150. The van der Waals surface area contributed by atoms with E-state index < -0.39 is 0 Å². The summed E-state index contributed by atoms with van der Waals surface area (Å²) in [5, 5.41) is 0. The molecule has 0 aromatic rings. The van der Waals surface area contributed by atoms with Gasteiger partial charge in [-0.25, -0.2) is 0 Å². The van der Waals surface area contributed by atoms with Crippen LogP contribution < -0.4 is 0 Å². The van der Waals surface area contributed by atoms with Crippen LogP contribution in [0.4, 0.5) is 0 Å². The van der Waals surface area contributed by atoms with E-state index in [1.807, 2.05) is 0 Å². The van der Waals surface area contributed by atoms with Gasteiger partial charge in [-0.15, -0.1) is 11.6 Å². The number of allylic oxidation sites excluding steroid dienone is 4. The zero-order valence-corrected chi connectivity index (χ0v) is 8.41. The highest BCUT2D eigenvalue weighted by Gasteiger charge is 1.85. The molecular weight excluding hydrogens is 156 g/mol. The monoisotopic (exact) mass is 172 g/mol. The molecule has 0 saturated carbocycles. The first-order chi connectivity index (χ1) is 5.16. The van der Waals surface area contributed by atoms with Crippen LogP contribution in [-0.2, 0) is 0 Å². The molecule has 0 unspecified atom stereocenters. The third-order valence-electron chi connectivity index (χ3n) is 1.48. The number of alkyl halides is 1. The van der Waals surface area contributed by atoms with Crippen molar-refractivity contribution in [2.24, 2.45) is 0 Å². The predicted molar refractivity (Wildman–Crippen MR) is 53.1 cm³/mol. The van der Waals surface area contributed by atoms with Crippen LogP contribution in [0.2, 0.25) is 0 Å². The van der Waals surface area contributed by atoms with Gasteiger partial charge in [0.15, 0.2) is 0 Å². The van der Waals surface area contributed by atoms with Gasteiger partial charge >= 0.3 is 0 Å². The van der Waals surface area contributed by atoms with Gasteiger partial charge in [-0.2, -0.15) is 0 Å². The fraction of sp³-hybridized carbons (Fsp3) is 0.600. The molecular formula is C10H17Cl. The summed E-state index contributed by atoms with van der Waals surface area (Å²) in [7, 11) is 0. The topological polar surface area (TPSA) is 0 Å². The Labute approximate surface area is 74.9 Å². The van der Waals surface area contributed by atoms with E-state index >= 15 is 0 Å². The molecule has 0 aliphatic carbocycles. The summed E-state index contributed by atoms with van der Waals surface area (Å²) in [6.07, 6.45) is 6.51. The van der Waals surface area contributed by atoms with Gasteiger partial charge in [-0.1, -0.05) is 23.3 Å². The zero-order chi connectivity index (χ0) is 8.69. The van der Waals surface area contributed by atoms with Gasteiger partial charge in [-0.3, -0.25) is 0 Å². The number of rotatable bonds is 4. The van der Waals surface area contributed by atoms with Gasteiger partial charge in [-0.05, 0) is 33.6 Å². The van der Waals surface area contributed by atoms with Crippen molar-refractivity contribution in [2.75, 3.05) is 5.88 Å². The molecule has 0 aromatic heterocycles. The maximum Gasteiger partial charge on any atom is 0.0260 e. The summed E-state index contributed by atoms with van der Waals surface area (Å²) in [6, 6.07) is 0. The van der Waals surface area contributed by atoms with Crippen molar-refractivity contribution in [3.63, 3.8) is 0 Å². The lowest BCUT2D eigenvalue weighted by Crippen LogP contribution is -1.77. The molecule has 0 heterocycles. The smallest absolute Gasteiger partial charge is 0.0260 e. The minimum atomic E-state index is 0.733. The Balaban J connectivity index is 3.64. The first-order valence-corrected chi connectivity index (χ1v) is 4.55. The summed E-state index contributed by atoms with van der Waals surface area (Å²) in [5.41, 5.74) is 2.76. The summed E-state index contributed by atoms with van der Waals surface area (Å²) in [5.74, 6) is 0.733. The molecule has 0 N–H and O–H groups in total. The van der Waals surface area contributed by atoms with Gasteiger partial charge < -0.3 is 0 Å². The molecule has 0 atom stereocenters. The summed E-state index contributed by atoms with van der Waals surface area (Å²) in [4.78, 5) is 0. The molecule has 0 spiro atoms. The minimum Gasteiger partial charge on any atom is -0.126 e. The molecule has 0 rings (SSSR count). The number of hydrogen-bond acceptors (Lipinski definition) is 0. The largest absolute Gasteiger partial charge is 0.126 e. The lowest BCUT2D eigenvalue weighted by molar-refractivity contribution is 1.08. The van der Waals surface area contributed by atoms with Crippen molar-refractivity contribution < 1.29 is 0 Å². The second-order valence-corrected chi connectivity index (χ2v) is 3.38. The van der Waals surface area contributed by atoms with E-state index in [0.717, 1.165) is 18.7 Å². The van der Waals surface area contributed by atoms with Crippen LogP contribution in [0.3, 0.4) is 0 Å². The van der Waals surface area contributed by atoms with Gasteiger partial charge in [0.2, 0.25) is 0 Å². The van der Waals surface area contributed by atoms with Crippen molar-refractivity contribution in [2.45, 2.75) is 33.6 Å². The highest BCUT2D eigenvalue weighted by atomic mass is 35.5. The number of halogens is 1. The molecule has 1 heteroatoms. The number of hydrogen-bond donors (Lipinski definition) is 0. The van der Waals surface area contributed by atoms with E-state index in [0.29, 0.717) is 0 Å². The summed E-state index contributed by atoms with van der Waals surface area (Å²) < 4.78 is 0. The van der Waals surface area contributed by atoms with E-state index in [1.165, 1.54) is 11.1 Å². The average molecular weight is 173 g/mol. The maximum atomic E-state index is 5.58. The Morgan fingerprint density at radius 1 is 1.18 bits per heavy atom. The van der Waals surface area contributed by atoms with Crippen molar-refractivity contribution in [3.05, 3.63) is 23.3 Å². The van der Waals surface area contributed by atoms with Crippen LogP contribution in [0.5, 0.6) is 0 Å². The van der Waals surface area contributed by atoms with Crippen LogP contribution >= 0.6 is 11.6 Å². The lowest BCUT2D eigenvalue weighted by Gasteiger charge is -1.94. The Hall–Kier alpha value is -0.230. The van der Waals surface area contributed by atoms with Crippen molar-refractivity contribution in [3.8, 4) is 0 Å². The lowest BCUT2D eigenvalue weighted by atomic mass is 10.2. The molecule has 0 radical (unpaired) electrons. The molecule has 11 heavy (non-hydrogen) atoms. The van der Waals surface area contributed by atoms with Crippen molar-refractivity contribution in [1.82, 2.24) is 0 Å². The van der Waals surface area contributed by atoms with Crippen molar-refractivity contribution in [1.29, 1.82) is 0 Å². The molecule has 0 aliphatic heterocycles. The van der Waals surface area contributed by atoms with Gasteiger partial charge in [0, 0.05) is 5.88 Å². The highest BCUT2D eigenvalue weighted by Crippen LogP contribution is 2.04. The van der Waals surface area contributed by atoms with Crippen LogP contribution in [-0.4, -0.2) is 5.88 Å². The molecule has 0 bridgehead atoms. The molecule has 0 aliphatic rings. The molecule has 0 amide bonds. The van der Waals surface area contributed by atoms with Crippen LogP contribution in [0.1, 0.15) is 33.6 Å². The summed E-state index contributed by atoms with van der Waals surface area (Å²) in [6.45, 7) is 6.36. The second kappa shape index (κ2) is 6.48. The van der Waals surface area contributed by atoms with E-state index in [4.69, 9.17) is 11.6 Å². The van der Waals surface area contributed by atoms with Gasteiger partial charge in [0.1, 0.15) is 0 Å². The maximum absolute atomic E-state index is 5.58. The first-order valence-electron chi connectivity index (χ1n) is 4.01. The van der Waals surface area contributed by atoms with Crippen LogP contribution in [0.25, 0.3) is 0 Å². The van der Waals surface area contributed by atoms with E-state index in [-0.39, 0.29) is 0 Å². The minimum absolute atomic E-state index is 0.733. The average Bonchev–Trinajstić information content (AvgIpc) is 1.87. The Morgan fingerprint density at radius 3 is 2.27 bits per heavy atom. The standard InChI is InChI=1S/C10H17Cl/c1-9(2)5-4-6-10(3)7-8-11/h5-6H,4,7-8H2,1-3H3/b10-6+. The third kappa shape index (κ3) is 7.67. The fourth-order valence-corrected chi connectivity index (χ4v) is 1.05. The quantitative estimate of drug-likeness (QED) is 0.446. The SMILES string of the molecule is CC(C)=CC/C=C(\C)CCCl. The molecule has 64 valence electrons. The van der Waals surface area contributed by atoms with E-state index in [2.05, 4.69) is 32.9 Å². The molecule has 0 saturated heterocycles. The Kier molecular flexibility index (Phi) is 6.34. The van der Waals surface area contributed by atoms with E-state index in [1.54, 1.807) is 0 Å². The van der Waals surface area contributed by atoms with Crippen LogP contribution in [0.15, 0.2) is 23.3 Å². The third-order valence-corrected chi connectivity index (χ3v) is 1.67. The molecule has 0 fully saturated rings. The van der Waals surface area contributed by atoms with E-state index in [9.17, 15) is 0 Å². The van der Waals surface area contributed by atoms with Crippen molar-refractivity contribution >= 4 is 11.6 Å². The van der Waals surface area contributed by atoms with Gasteiger partial charge in [0.05, 0.1) is 0 Å². The summed E-state index contributed by atoms with van der Waals surface area (Å²) >= 11 is 5.58. The van der Waals surface area contributed by atoms with Gasteiger partial charge in [0.25, 0.3) is 0 Å². The highest BCUT2D eigenvalue weighted by molar-refractivity contribution is 6.17. The molecule has 0 aromatic carbocycles. The molecule has 0 nitrogen and oxygen atoms in total. The predicted octanol–water partition coefficient (Wildman–Crippen LogP) is 3.92.